The molecule has 0 amide bonds. The summed E-state index contributed by atoms with van der Waals surface area (Å²) in [6.07, 6.45) is 1.01. The van der Waals surface area contributed by atoms with Crippen LogP contribution in [0.4, 0.5) is 0 Å². The molecule has 0 saturated carbocycles. The molecule has 0 saturated heterocycles. The minimum absolute atomic E-state index is 1.01. The van der Waals surface area contributed by atoms with Crippen LogP contribution in [0.3, 0.4) is 0 Å². The Kier molecular flexibility index (Phi) is 2.28. The highest BCUT2D eigenvalue weighted by atomic mass is 14.2. The summed E-state index contributed by atoms with van der Waals surface area (Å²) in [7, 11) is 0. The van der Waals surface area contributed by atoms with Gasteiger partial charge in [-0.25, -0.2) is 0 Å². The molecule has 0 heteroatoms. The fourth-order valence-corrected chi connectivity index (χ4v) is 2.96. The zero-order valence-corrected chi connectivity index (χ0v) is 10.6. The van der Waals surface area contributed by atoms with Crippen molar-refractivity contribution in [3.63, 3.8) is 0 Å². The van der Waals surface area contributed by atoms with Crippen LogP contribution in [0.2, 0.25) is 0 Å². The third kappa shape index (κ3) is 1.61. The zero-order valence-electron chi connectivity index (χ0n) is 10.6. The van der Waals surface area contributed by atoms with Gasteiger partial charge in [-0.2, -0.15) is 0 Å². The van der Waals surface area contributed by atoms with Crippen molar-refractivity contribution in [1.29, 1.82) is 0 Å². The average Bonchev–Trinajstić information content (AvgIpc) is 2.86. The van der Waals surface area contributed by atoms with Crippen molar-refractivity contribution in [1.82, 2.24) is 0 Å². The van der Waals surface area contributed by atoms with E-state index in [0.29, 0.717) is 0 Å². The standard InChI is InChI=1S/C19H13/c1-2-7-14(8-3-1)17-12-6-10-16-13-15-9-4-5-11-18(15)19(16)17/h1-9,11-12H,13H2. The van der Waals surface area contributed by atoms with E-state index < -0.39 is 0 Å². The van der Waals surface area contributed by atoms with Gasteiger partial charge in [0.25, 0.3) is 0 Å². The molecule has 0 unspecified atom stereocenters. The van der Waals surface area contributed by atoms with E-state index in [1.807, 2.05) is 6.07 Å². The highest BCUT2D eigenvalue weighted by Gasteiger charge is 2.21. The highest BCUT2D eigenvalue weighted by Crippen LogP contribution is 2.42. The van der Waals surface area contributed by atoms with Crippen molar-refractivity contribution >= 4 is 0 Å². The van der Waals surface area contributed by atoms with E-state index in [2.05, 4.69) is 66.7 Å². The summed E-state index contributed by atoms with van der Waals surface area (Å²) >= 11 is 0. The van der Waals surface area contributed by atoms with Gasteiger partial charge < -0.3 is 0 Å². The van der Waals surface area contributed by atoms with Crippen molar-refractivity contribution in [2.75, 3.05) is 0 Å². The normalized spacial score (nSPS) is 12.0. The molecule has 0 N–H and O–H groups in total. The quantitative estimate of drug-likeness (QED) is 0.452. The molecule has 0 fully saturated rings. The Morgan fingerprint density at radius 2 is 1.53 bits per heavy atom. The van der Waals surface area contributed by atoms with Gasteiger partial charge in [0.2, 0.25) is 0 Å². The van der Waals surface area contributed by atoms with Gasteiger partial charge in [-0.05, 0) is 45.9 Å². The predicted molar refractivity (Wildman–Crippen MR) is 79.0 cm³/mol. The summed E-state index contributed by atoms with van der Waals surface area (Å²) in [6, 6.07) is 26.9. The van der Waals surface area contributed by atoms with Crippen molar-refractivity contribution in [2.45, 2.75) is 6.42 Å². The van der Waals surface area contributed by atoms with Gasteiger partial charge >= 0.3 is 0 Å². The molecule has 89 valence electrons. The first-order valence-corrected chi connectivity index (χ1v) is 6.61. The summed E-state index contributed by atoms with van der Waals surface area (Å²) in [5.74, 6) is 0. The third-order valence-electron chi connectivity index (χ3n) is 3.82. The fourth-order valence-electron chi connectivity index (χ4n) is 2.96. The van der Waals surface area contributed by atoms with Gasteiger partial charge in [-0.15, -0.1) is 0 Å². The second kappa shape index (κ2) is 4.10. The Morgan fingerprint density at radius 3 is 2.42 bits per heavy atom. The fraction of sp³-hybridized carbons (Fsp3) is 0.0526. The first-order chi connectivity index (χ1) is 9.43. The van der Waals surface area contributed by atoms with Crippen LogP contribution in [0.25, 0.3) is 22.3 Å². The van der Waals surface area contributed by atoms with Crippen LogP contribution < -0.4 is 0 Å². The number of hydrogen-bond acceptors (Lipinski definition) is 0. The van der Waals surface area contributed by atoms with E-state index >= 15 is 0 Å². The minimum Gasteiger partial charge on any atom is -0.0622 e. The largest absolute Gasteiger partial charge is 0.0622 e. The molecule has 0 aromatic heterocycles. The summed E-state index contributed by atoms with van der Waals surface area (Å²) in [5, 5.41) is 0. The van der Waals surface area contributed by atoms with Crippen LogP contribution in [-0.4, -0.2) is 0 Å². The molecular formula is C19H13. The van der Waals surface area contributed by atoms with E-state index in [4.69, 9.17) is 0 Å². The van der Waals surface area contributed by atoms with E-state index in [-0.39, 0.29) is 0 Å². The molecule has 0 heterocycles. The molecule has 3 aromatic carbocycles. The maximum Gasteiger partial charge on any atom is -0.000706 e. The molecule has 1 aliphatic rings. The van der Waals surface area contributed by atoms with Crippen LogP contribution in [0.1, 0.15) is 11.1 Å². The van der Waals surface area contributed by atoms with Gasteiger partial charge in [-0.3, -0.25) is 0 Å². The van der Waals surface area contributed by atoms with Gasteiger partial charge in [0, 0.05) is 0 Å². The monoisotopic (exact) mass is 241 g/mol. The first kappa shape index (κ1) is 10.6. The topological polar surface area (TPSA) is 0 Å². The van der Waals surface area contributed by atoms with Gasteiger partial charge in [0.05, 0.1) is 0 Å². The van der Waals surface area contributed by atoms with Crippen molar-refractivity contribution < 1.29 is 0 Å². The predicted octanol–water partition coefficient (Wildman–Crippen LogP) is 4.72. The molecule has 0 nitrogen and oxygen atoms in total. The smallest absolute Gasteiger partial charge is 0.000706 e. The molecule has 0 aliphatic heterocycles. The maximum atomic E-state index is 3.41. The van der Waals surface area contributed by atoms with E-state index in [0.717, 1.165) is 6.42 Å². The molecule has 19 heavy (non-hydrogen) atoms. The lowest BCUT2D eigenvalue weighted by Gasteiger charge is -2.09. The number of fused-ring (bicyclic) bond motifs is 3. The van der Waals surface area contributed by atoms with Crippen molar-refractivity contribution in [3.05, 3.63) is 83.9 Å². The first-order valence-electron chi connectivity index (χ1n) is 6.61. The number of hydrogen-bond donors (Lipinski definition) is 0. The summed E-state index contributed by atoms with van der Waals surface area (Å²) in [5.41, 5.74) is 8.07. The Bertz CT molecular complexity index is 739. The van der Waals surface area contributed by atoms with Gasteiger partial charge in [0.15, 0.2) is 0 Å². The number of benzene rings is 3. The zero-order chi connectivity index (χ0) is 12.7. The SMILES string of the molecule is [c]1ccc(-c2ccccc2)c2c1Cc1ccccc1-2. The van der Waals surface area contributed by atoms with Crippen LogP contribution in [0.15, 0.2) is 66.7 Å². The van der Waals surface area contributed by atoms with E-state index in [9.17, 15) is 0 Å². The Morgan fingerprint density at radius 1 is 0.737 bits per heavy atom. The van der Waals surface area contributed by atoms with E-state index in [1.54, 1.807) is 0 Å². The lowest BCUT2D eigenvalue weighted by molar-refractivity contribution is 1.26. The Labute approximate surface area is 113 Å². The molecular weight excluding hydrogens is 228 g/mol. The molecule has 0 bridgehead atoms. The second-order valence-electron chi connectivity index (χ2n) is 4.94. The minimum atomic E-state index is 1.01. The van der Waals surface area contributed by atoms with E-state index in [1.165, 1.54) is 33.4 Å². The summed E-state index contributed by atoms with van der Waals surface area (Å²) in [6.45, 7) is 0. The molecule has 0 atom stereocenters. The molecule has 1 radical (unpaired) electrons. The summed E-state index contributed by atoms with van der Waals surface area (Å²) in [4.78, 5) is 0. The molecule has 1 aliphatic carbocycles. The molecule has 0 spiro atoms. The summed E-state index contributed by atoms with van der Waals surface area (Å²) < 4.78 is 0. The van der Waals surface area contributed by atoms with Crippen LogP contribution >= 0.6 is 0 Å². The van der Waals surface area contributed by atoms with Crippen LogP contribution in [0, 0.1) is 6.07 Å². The van der Waals surface area contributed by atoms with Gasteiger partial charge in [-0.1, -0.05) is 66.7 Å². The highest BCUT2D eigenvalue weighted by molar-refractivity contribution is 5.90. The van der Waals surface area contributed by atoms with Gasteiger partial charge in [0.1, 0.15) is 0 Å². The Balaban J connectivity index is 2.01. The third-order valence-corrected chi connectivity index (χ3v) is 3.82. The Hall–Kier alpha value is -2.34. The average molecular weight is 241 g/mol. The molecule has 3 aromatic rings. The second-order valence-corrected chi connectivity index (χ2v) is 4.94. The van der Waals surface area contributed by atoms with Crippen LogP contribution in [-0.2, 0) is 6.42 Å². The van der Waals surface area contributed by atoms with Crippen LogP contribution in [0.5, 0.6) is 0 Å². The lowest BCUT2D eigenvalue weighted by atomic mass is 9.94. The lowest BCUT2D eigenvalue weighted by Crippen LogP contribution is -1.85. The maximum absolute atomic E-state index is 3.41. The van der Waals surface area contributed by atoms with Crippen molar-refractivity contribution in [2.24, 2.45) is 0 Å². The molecule has 4 rings (SSSR count). The number of rotatable bonds is 1. The van der Waals surface area contributed by atoms with Crippen molar-refractivity contribution in [3.8, 4) is 22.3 Å².